The van der Waals surface area contributed by atoms with Gasteiger partial charge in [-0.05, 0) is 54.4 Å². The summed E-state index contributed by atoms with van der Waals surface area (Å²) in [6.07, 6.45) is 3.14. The van der Waals surface area contributed by atoms with E-state index < -0.39 is 0 Å². The van der Waals surface area contributed by atoms with Gasteiger partial charge < -0.3 is 14.2 Å². The molecule has 3 aliphatic heterocycles. The van der Waals surface area contributed by atoms with Crippen molar-refractivity contribution in [2.24, 2.45) is 11.8 Å². The highest BCUT2D eigenvalue weighted by Gasteiger charge is 2.42. The number of hydrogen-bond donors (Lipinski definition) is 0. The molecule has 0 N–H and O–H groups in total. The van der Waals surface area contributed by atoms with E-state index in [9.17, 15) is 9.59 Å². The average molecular weight is 407 g/mol. The lowest BCUT2D eigenvalue weighted by Gasteiger charge is -2.47. The van der Waals surface area contributed by atoms with Gasteiger partial charge in [-0.1, -0.05) is 32.0 Å². The molecule has 0 aliphatic carbocycles. The molecule has 30 heavy (non-hydrogen) atoms. The summed E-state index contributed by atoms with van der Waals surface area (Å²) in [7, 11) is 0. The second kappa shape index (κ2) is 7.69. The van der Waals surface area contributed by atoms with Crippen LogP contribution in [0, 0.1) is 11.8 Å². The number of fused-ring (bicyclic) bond motifs is 5. The largest absolute Gasteiger partial charge is 0.372 e. The lowest BCUT2D eigenvalue weighted by molar-refractivity contribution is 0.0510. The fraction of sp³-hybridized carbons (Fsp3) is 0.520. The summed E-state index contributed by atoms with van der Waals surface area (Å²) in [4.78, 5) is 28.4. The number of hydrogen-bond acceptors (Lipinski definition) is 3. The molecule has 1 aromatic carbocycles. The van der Waals surface area contributed by atoms with Gasteiger partial charge in [0.25, 0.3) is 11.5 Å². The van der Waals surface area contributed by atoms with E-state index >= 15 is 0 Å². The molecule has 0 saturated carbocycles. The minimum Gasteiger partial charge on any atom is -0.372 e. The summed E-state index contributed by atoms with van der Waals surface area (Å²) in [6.45, 7) is 6.98. The van der Waals surface area contributed by atoms with Gasteiger partial charge in [0, 0.05) is 42.4 Å². The monoisotopic (exact) mass is 406 g/mol. The van der Waals surface area contributed by atoms with Crippen LogP contribution >= 0.6 is 0 Å². The molecule has 2 aromatic rings. The zero-order valence-electron chi connectivity index (χ0n) is 17.8. The molecule has 1 aromatic heterocycles. The van der Waals surface area contributed by atoms with E-state index in [0.717, 1.165) is 48.2 Å². The van der Waals surface area contributed by atoms with Crippen molar-refractivity contribution in [2.45, 2.75) is 58.3 Å². The maximum Gasteiger partial charge on any atom is 0.254 e. The Hall–Kier alpha value is -2.40. The highest BCUT2D eigenvalue weighted by Crippen LogP contribution is 2.43. The normalized spacial score (nSPS) is 24.6. The SMILES string of the molecule is CC(C)CC[C@H]1[C@H]2C[C@H](CN(C(=O)c3cccc4c3COC4)C2)c2cccc(=O)n21. The molecule has 0 radical (unpaired) electrons. The smallest absolute Gasteiger partial charge is 0.254 e. The van der Waals surface area contributed by atoms with Crippen molar-refractivity contribution in [3.05, 3.63) is 69.1 Å². The number of ether oxygens (including phenoxy) is 1. The third-order valence-electron chi connectivity index (χ3n) is 7.13. The van der Waals surface area contributed by atoms with Gasteiger partial charge in [-0.2, -0.15) is 0 Å². The molecular formula is C25H30N2O3. The molecule has 5 nitrogen and oxygen atoms in total. The van der Waals surface area contributed by atoms with Crippen LogP contribution in [0.1, 0.15) is 72.2 Å². The standard InChI is InChI=1S/C25H30N2O3/c1-16(2)9-10-23-19-11-18(22-7-4-8-24(28)27(22)23)12-26(13-19)25(29)20-6-3-5-17-14-30-15-21(17)20/h3-8,16,18-19,23H,9-15H2,1-2H3/t18-,19+,23+/m1/s1. The van der Waals surface area contributed by atoms with Crippen molar-refractivity contribution in [1.82, 2.24) is 9.47 Å². The first-order valence-corrected chi connectivity index (χ1v) is 11.2. The number of pyridine rings is 1. The van der Waals surface area contributed by atoms with E-state index in [2.05, 4.69) is 30.5 Å². The Labute approximate surface area is 177 Å². The van der Waals surface area contributed by atoms with Crippen molar-refractivity contribution < 1.29 is 9.53 Å². The molecule has 4 heterocycles. The van der Waals surface area contributed by atoms with Crippen molar-refractivity contribution in [1.29, 1.82) is 0 Å². The minimum atomic E-state index is 0.105. The zero-order chi connectivity index (χ0) is 20.8. The summed E-state index contributed by atoms with van der Waals surface area (Å²) in [6, 6.07) is 11.8. The number of piperidine rings is 1. The van der Waals surface area contributed by atoms with Crippen LogP contribution in [0.5, 0.6) is 0 Å². The maximum atomic E-state index is 13.5. The molecule has 0 unspecified atom stereocenters. The third-order valence-corrected chi connectivity index (χ3v) is 7.13. The van der Waals surface area contributed by atoms with Gasteiger partial charge in [0.1, 0.15) is 0 Å². The first-order chi connectivity index (χ1) is 14.5. The first-order valence-electron chi connectivity index (χ1n) is 11.2. The third kappa shape index (κ3) is 3.29. The Morgan fingerprint density at radius 1 is 1.13 bits per heavy atom. The van der Waals surface area contributed by atoms with E-state index in [0.29, 0.717) is 31.6 Å². The summed E-state index contributed by atoms with van der Waals surface area (Å²) < 4.78 is 7.64. The second-order valence-corrected chi connectivity index (χ2v) is 9.54. The Morgan fingerprint density at radius 3 is 2.80 bits per heavy atom. The molecule has 5 heteroatoms. The van der Waals surface area contributed by atoms with Gasteiger partial charge >= 0.3 is 0 Å². The number of rotatable bonds is 4. The fourth-order valence-electron chi connectivity index (χ4n) is 5.66. The lowest BCUT2D eigenvalue weighted by atomic mass is 9.76. The van der Waals surface area contributed by atoms with E-state index in [1.54, 1.807) is 6.07 Å². The van der Waals surface area contributed by atoms with Crippen LogP contribution in [-0.2, 0) is 18.0 Å². The Kier molecular flexibility index (Phi) is 5.02. The maximum absolute atomic E-state index is 13.5. The lowest BCUT2D eigenvalue weighted by Crippen LogP contribution is -2.51. The fourth-order valence-corrected chi connectivity index (χ4v) is 5.66. The minimum absolute atomic E-state index is 0.105. The van der Waals surface area contributed by atoms with E-state index in [1.165, 1.54) is 0 Å². The molecule has 2 bridgehead atoms. The zero-order valence-corrected chi connectivity index (χ0v) is 17.8. The highest BCUT2D eigenvalue weighted by molar-refractivity contribution is 5.96. The van der Waals surface area contributed by atoms with E-state index in [1.807, 2.05) is 23.1 Å². The van der Waals surface area contributed by atoms with Crippen LogP contribution in [0.3, 0.4) is 0 Å². The number of likely N-dealkylation sites (tertiary alicyclic amines) is 1. The van der Waals surface area contributed by atoms with Crippen molar-refractivity contribution in [3.8, 4) is 0 Å². The van der Waals surface area contributed by atoms with Gasteiger partial charge in [0.2, 0.25) is 0 Å². The second-order valence-electron chi connectivity index (χ2n) is 9.54. The summed E-state index contributed by atoms with van der Waals surface area (Å²) in [5, 5.41) is 0. The predicted octanol–water partition coefficient (Wildman–Crippen LogP) is 4.12. The van der Waals surface area contributed by atoms with Crippen LogP contribution in [0.4, 0.5) is 0 Å². The molecule has 3 aliphatic rings. The van der Waals surface area contributed by atoms with Gasteiger partial charge in [-0.3, -0.25) is 9.59 Å². The van der Waals surface area contributed by atoms with Crippen LogP contribution in [0.25, 0.3) is 0 Å². The molecule has 1 saturated heterocycles. The van der Waals surface area contributed by atoms with Gasteiger partial charge in [-0.25, -0.2) is 0 Å². The number of aromatic nitrogens is 1. The molecule has 0 spiro atoms. The number of carbonyl (C=O) groups excluding carboxylic acids is 1. The van der Waals surface area contributed by atoms with Crippen molar-refractivity contribution >= 4 is 5.91 Å². The molecule has 5 rings (SSSR count). The summed E-state index contributed by atoms with van der Waals surface area (Å²) in [5.41, 5.74) is 4.17. The number of benzene rings is 1. The van der Waals surface area contributed by atoms with Crippen molar-refractivity contribution in [3.63, 3.8) is 0 Å². The predicted molar refractivity (Wildman–Crippen MR) is 115 cm³/mol. The van der Waals surface area contributed by atoms with Crippen LogP contribution in [0.2, 0.25) is 0 Å². The Morgan fingerprint density at radius 2 is 1.97 bits per heavy atom. The van der Waals surface area contributed by atoms with Crippen LogP contribution in [0.15, 0.2) is 41.2 Å². The number of nitrogens with zero attached hydrogens (tertiary/aromatic N) is 2. The molecule has 158 valence electrons. The molecule has 1 amide bonds. The Bertz CT molecular complexity index is 1030. The number of carbonyl (C=O) groups is 1. The van der Waals surface area contributed by atoms with E-state index in [-0.39, 0.29) is 23.4 Å². The van der Waals surface area contributed by atoms with Crippen LogP contribution in [-0.4, -0.2) is 28.5 Å². The Balaban J connectivity index is 1.48. The summed E-state index contributed by atoms with van der Waals surface area (Å²) >= 11 is 0. The quantitative estimate of drug-likeness (QED) is 0.768. The molecule has 1 fully saturated rings. The van der Waals surface area contributed by atoms with Crippen molar-refractivity contribution in [2.75, 3.05) is 13.1 Å². The number of amides is 1. The topological polar surface area (TPSA) is 51.5 Å². The highest BCUT2D eigenvalue weighted by atomic mass is 16.5. The first kappa shape index (κ1) is 19.6. The molecule has 3 atom stereocenters. The average Bonchev–Trinajstić information content (AvgIpc) is 3.22. The van der Waals surface area contributed by atoms with Crippen LogP contribution < -0.4 is 5.56 Å². The van der Waals surface area contributed by atoms with E-state index in [4.69, 9.17) is 4.74 Å². The molecular weight excluding hydrogens is 376 g/mol. The summed E-state index contributed by atoms with van der Waals surface area (Å²) in [5.74, 6) is 1.26. The van der Waals surface area contributed by atoms with Gasteiger partial charge in [0.15, 0.2) is 0 Å². The van der Waals surface area contributed by atoms with Gasteiger partial charge in [-0.15, -0.1) is 0 Å². The van der Waals surface area contributed by atoms with Gasteiger partial charge in [0.05, 0.1) is 13.2 Å².